The van der Waals surface area contributed by atoms with Gasteiger partial charge in [0.05, 0.1) is 12.2 Å². The quantitative estimate of drug-likeness (QED) is 0.764. The minimum atomic E-state index is -0.772. The summed E-state index contributed by atoms with van der Waals surface area (Å²) in [5.41, 5.74) is -0.0515. The third-order valence-corrected chi connectivity index (χ3v) is 2.14. The highest BCUT2D eigenvalue weighted by atomic mass is 19.1. The van der Waals surface area contributed by atoms with E-state index in [2.05, 4.69) is 4.98 Å². The molecular formula is C11H15FN2O2. The van der Waals surface area contributed by atoms with E-state index in [9.17, 15) is 9.18 Å². The van der Waals surface area contributed by atoms with Crippen LogP contribution in [0.3, 0.4) is 0 Å². The number of pyridine rings is 1. The van der Waals surface area contributed by atoms with Crippen LogP contribution in [0.1, 0.15) is 23.7 Å². The van der Waals surface area contributed by atoms with Crippen molar-refractivity contribution >= 4 is 5.91 Å². The molecule has 1 heterocycles. The molecule has 0 radical (unpaired) electrons. The van der Waals surface area contributed by atoms with Gasteiger partial charge in [-0.05, 0) is 18.6 Å². The maximum absolute atomic E-state index is 13.3. The Bertz CT molecular complexity index is 352. The molecule has 0 aliphatic heterocycles. The zero-order chi connectivity index (χ0) is 12.0. The third kappa shape index (κ3) is 3.00. The summed E-state index contributed by atoms with van der Waals surface area (Å²) in [5.74, 6) is -1.20. The second kappa shape index (κ2) is 6.17. The number of aliphatic hydroxyl groups is 1. The summed E-state index contributed by atoms with van der Waals surface area (Å²) < 4.78 is 13.3. The Morgan fingerprint density at radius 1 is 1.56 bits per heavy atom. The number of rotatable bonds is 5. The van der Waals surface area contributed by atoms with E-state index in [-0.39, 0.29) is 18.7 Å². The molecule has 0 spiro atoms. The molecular weight excluding hydrogens is 211 g/mol. The number of carbonyl (C=O) groups is 1. The van der Waals surface area contributed by atoms with E-state index in [1.165, 1.54) is 23.2 Å². The van der Waals surface area contributed by atoms with Gasteiger partial charge in [-0.2, -0.15) is 4.39 Å². The van der Waals surface area contributed by atoms with Crippen LogP contribution in [0.15, 0.2) is 18.3 Å². The van der Waals surface area contributed by atoms with Crippen LogP contribution >= 0.6 is 0 Å². The second-order valence-corrected chi connectivity index (χ2v) is 3.36. The van der Waals surface area contributed by atoms with Crippen LogP contribution in [0.5, 0.6) is 0 Å². The zero-order valence-corrected chi connectivity index (χ0v) is 9.19. The maximum atomic E-state index is 13.3. The molecule has 0 aliphatic carbocycles. The molecule has 5 heteroatoms. The largest absolute Gasteiger partial charge is 0.395 e. The normalized spacial score (nSPS) is 10.2. The molecule has 1 amide bonds. The Kier molecular flexibility index (Phi) is 4.85. The lowest BCUT2D eigenvalue weighted by molar-refractivity contribution is 0.0716. The van der Waals surface area contributed by atoms with Gasteiger partial charge in [-0.15, -0.1) is 0 Å². The number of carbonyl (C=O) groups excluding carboxylic acids is 1. The van der Waals surface area contributed by atoms with Crippen LogP contribution in [0.4, 0.5) is 4.39 Å². The summed E-state index contributed by atoms with van der Waals surface area (Å²) in [5, 5.41) is 8.83. The molecule has 0 aromatic carbocycles. The van der Waals surface area contributed by atoms with E-state index in [0.717, 1.165) is 6.42 Å². The summed E-state index contributed by atoms with van der Waals surface area (Å²) in [4.78, 5) is 16.7. The molecule has 0 saturated heterocycles. The zero-order valence-electron chi connectivity index (χ0n) is 9.19. The van der Waals surface area contributed by atoms with Crippen LogP contribution in [0.25, 0.3) is 0 Å². The third-order valence-electron chi connectivity index (χ3n) is 2.14. The first-order chi connectivity index (χ1) is 7.70. The number of amides is 1. The standard InChI is InChI=1S/C11H15FN2O2/c1-2-6-14(7-8-15)11(16)9-4-3-5-13-10(9)12/h3-5,15H,2,6-8H2,1H3. The van der Waals surface area contributed by atoms with Crippen molar-refractivity contribution in [2.75, 3.05) is 19.7 Å². The van der Waals surface area contributed by atoms with E-state index in [4.69, 9.17) is 5.11 Å². The van der Waals surface area contributed by atoms with Gasteiger partial charge in [0.15, 0.2) is 0 Å². The maximum Gasteiger partial charge on any atom is 0.258 e. The highest BCUT2D eigenvalue weighted by Gasteiger charge is 2.18. The van der Waals surface area contributed by atoms with Crippen LogP contribution in [-0.4, -0.2) is 40.6 Å². The summed E-state index contributed by atoms with van der Waals surface area (Å²) >= 11 is 0. The van der Waals surface area contributed by atoms with E-state index in [0.29, 0.717) is 6.54 Å². The Balaban J connectivity index is 2.85. The van der Waals surface area contributed by atoms with Gasteiger partial charge < -0.3 is 10.0 Å². The smallest absolute Gasteiger partial charge is 0.258 e. The predicted octanol–water partition coefficient (Wildman–Crippen LogP) is 1.07. The second-order valence-electron chi connectivity index (χ2n) is 3.36. The molecule has 0 atom stereocenters. The van der Waals surface area contributed by atoms with Crippen LogP contribution < -0.4 is 0 Å². The monoisotopic (exact) mass is 226 g/mol. The molecule has 1 aromatic heterocycles. The van der Waals surface area contributed by atoms with E-state index in [1.807, 2.05) is 6.92 Å². The highest BCUT2D eigenvalue weighted by molar-refractivity contribution is 5.94. The average Bonchev–Trinajstić information content (AvgIpc) is 2.28. The van der Waals surface area contributed by atoms with Gasteiger partial charge in [0.2, 0.25) is 5.95 Å². The number of hydrogen-bond donors (Lipinski definition) is 1. The Hall–Kier alpha value is -1.49. The first-order valence-corrected chi connectivity index (χ1v) is 5.21. The van der Waals surface area contributed by atoms with E-state index < -0.39 is 11.9 Å². The van der Waals surface area contributed by atoms with Gasteiger partial charge in [0, 0.05) is 19.3 Å². The van der Waals surface area contributed by atoms with Crippen molar-refractivity contribution in [2.45, 2.75) is 13.3 Å². The van der Waals surface area contributed by atoms with Crippen molar-refractivity contribution in [1.29, 1.82) is 0 Å². The fraction of sp³-hybridized carbons (Fsp3) is 0.455. The van der Waals surface area contributed by atoms with Crippen molar-refractivity contribution in [3.63, 3.8) is 0 Å². The molecule has 0 aliphatic rings. The SMILES string of the molecule is CCCN(CCO)C(=O)c1cccnc1F. The van der Waals surface area contributed by atoms with Gasteiger partial charge in [-0.1, -0.05) is 6.92 Å². The molecule has 1 N–H and O–H groups in total. The van der Waals surface area contributed by atoms with Crippen molar-refractivity contribution in [3.8, 4) is 0 Å². The molecule has 0 unspecified atom stereocenters. The lowest BCUT2D eigenvalue weighted by atomic mass is 10.2. The van der Waals surface area contributed by atoms with Gasteiger partial charge in [-0.3, -0.25) is 4.79 Å². The summed E-state index contributed by atoms with van der Waals surface area (Å²) in [6, 6.07) is 2.91. The van der Waals surface area contributed by atoms with Gasteiger partial charge in [0.25, 0.3) is 5.91 Å². The molecule has 0 saturated carbocycles. The lowest BCUT2D eigenvalue weighted by Gasteiger charge is -2.20. The molecule has 0 fully saturated rings. The van der Waals surface area contributed by atoms with Crippen LogP contribution in [-0.2, 0) is 0 Å². The number of halogens is 1. The Labute approximate surface area is 93.7 Å². The fourth-order valence-corrected chi connectivity index (χ4v) is 1.42. The highest BCUT2D eigenvalue weighted by Crippen LogP contribution is 2.08. The molecule has 4 nitrogen and oxygen atoms in total. The van der Waals surface area contributed by atoms with Crippen molar-refractivity contribution in [1.82, 2.24) is 9.88 Å². The molecule has 1 aromatic rings. The number of hydrogen-bond acceptors (Lipinski definition) is 3. The summed E-state index contributed by atoms with van der Waals surface area (Å²) in [6.45, 7) is 2.49. The first kappa shape index (κ1) is 12.6. The summed E-state index contributed by atoms with van der Waals surface area (Å²) in [7, 11) is 0. The molecule has 16 heavy (non-hydrogen) atoms. The van der Waals surface area contributed by atoms with E-state index >= 15 is 0 Å². The van der Waals surface area contributed by atoms with Crippen LogP contribution in [0, 0.1) is 5.95 Å². The predicted molar refractivity (Wildman–Crippen MR) is 57.5 cm³/mol. The first-order valence-electron chi connectivity index (χ1n) is 5.21. The van der Waals surface area contributed by atoms with Gasteiger partial charge in [-0.25, -0.2) is 4.98 Å². The topological polar surface area (TPSA) is 53.4 Å². The Morgan fingerprint density at radius 2 is 2.31 bits per heavy atom. The minimum Gasteiger partial charge on any atom is -0.395 e. The minimum absolute atomic E-state index is 0.0515. The van der Waals surface area contributed by atoms with Crippen LogP contribution in [0.2, 0.25) is 0 Å². The molecule has 0 bridgehead atoms. The van der Waals surface area contributed by atoms with E-state index in [1.54, 1.807) is 0 Å². The van der Waals surface area contributed by atoms with Crippen molar-refractivity contribution in [2.24, 2.45) is 0 Å². The Morgan fingerprint density at radius 3 is 2.88 bits per heavy atom. The number of nitrogens with zero attached hydrogens (tertiary/aromatic N) is 2. The molecule has 88 valence electrons. The fourth-order valence-electron chi connectivity index (χ4n) is 1.42. The van der Waals surface area contributed by atoms with Gasteiger partial charge >= 0.3 is 0 Å². The van der Waals surface area contributed by atoms with Crippen molar-refractivity contribution < 1.29 is 14.3 Å². The number of aliphatic hydroxyl groups excluding tert-OH is 1. The summed E-state index contributed by atoms with van der Waals surface area (Å²) in [6.07, 6.45) is 2.05. The average molecular weight is 226 g/mol. The van der Waals surface area contributed by atoms with Gasteiger partial charge in [0.1, 0.15) is 0 Å². The van der Waals surface area contributed by atoms with Crippen molar-refractivity contribution in [3.05, 3.63) is 29.8 Å². The number of aromatic nitrogens is 1. The molecule has 1 rings (SSSR count). The lowest BCUT2D eigenvalue weighted by Crippen LogP contribution is -2.34.